The van der Waals surface area contributed by atoms with Gasteiger partial charge in [0, 0.05) is 24.9 Å². The molecule has 0 unspecified atom stereocenters. The molecule has 0 bridgehead atoms. The van der Waals surface area contributed by atoms with E-state index in [2.05, 4.69) is 0 Å². The second kappa shape index (κ2) is 5.54. The lowest BCUT2D eigenvalue weighted by atomic mass is 10.1. The highest BCUT2D eigenvalue weighted by Crippen LogP contribution is 2.19. The van der Waals surface area contributed by atoms with Crippen LogP contribution in [0, 0.1) is 6.92 Å². The number of aryl methyl sites for hydroxylation is 1. The summed E-state index contributed by atoms with van der Waals surface area (Å²) < 4.78 is 28.8. The standard InChI is InChI=1S/C14H19NO4S/c1-10-4-5-12(8-13(10)20(3,17)18)14(16)15-6-7-19-11(2)9-15/h4-5,8,11H,6-7,9H2,1-3H3/t11-/m0/s1. The molecule has 20 heavy (non-hydrogen) atoms. The molecule has 1 atom stereocenters. The Balaban J connectivity index is 2.31. The van der Waals surface area contributed by atoms with Gasteiger partial charge in [-0.15, -0.1) is 0 Å². The van der Waals surface area contributed by atoms with E-state index in [1.807, 2.05) is 6.92 Å². The van der Waals surface area contributed by atoms with E-state index in [0.717, 1.165) is 6.26 Å². The Morgan fingerprint density at radius 3 is 2.70 bits per heavy atom. The lowest BCUT2D eigenvalue weighted by Gasteiger charge is -2.31. The zero-order valence-electron chi connectivity index (χ0n) is 11.9. The monoisotopic (exact) mass is 297 g/mol. The fraction of sp³-hybridized carbons (Fsp3) is 0.500. The van der Waals surface area contributed by atoms with Gasteiger partial charge < -0.3 is 9.64 Å². The lowest BCUT2D eigenvalue weighted by molar-refractivity contribution is -0.0124. The van der Waals surface area contributed by atoms with E-state index in [1.54, 1.807) is 24.0 Å². The molecule has 2 rings (SSSR count). The van der Waals surface area contributed by atoms with Crippen molar-refractivity contribution in [2.24, 2.45) is 0 Å². The van der Waals surface area contributed by atoms with Gasteiger partial charge in [0.2, 0.25) is 0 Å². The normalized spacial score (nSPS) is 19.9. The molecule has 110 valence electrons. The summed E-state index contributed by atoms with van der Waals surface area (Å²) in [6, 6.07) is 4.81. The molecule has 0 aromatic heterocycles. The van der Waals surface area contributed by atoms with E-state index in [0.29, 0.717) is 30.8 Å². The molecule has 0 radical (unpaired) electrons. The van der Waals surface area contributed by atoms with Crippen LogP contribution in [0.25, 0.3) is 0 Å². The van der Waals surface area contributed by atoms with E-state index in [-0.39, 0.29) is 16.9 Å². The van der Waals surface area contributed by atoms with E-state index >= 15 is 0 Å². The Morgan fingerprint density at radius 2 is 2.10 bits per heavy atom. The Bertz CT molecular complexity index is 624. The van der Waals surface area contributed by atoms with Gasteiger partial charge in [-0.2, -0.15) is 0 Å². The number of hydrogen-bond acceptors (Lipinski definition) is 4. The summed E-state index contributed by atoms with van der Waals surface area (Å²) in [4.78, 5) is 14.3. The Kier molecular flexibility index (Phi) is 4.15. The van der Waals surface area contributed by atoms with Crippen molar-refractivity contribution in [2.75, 3.05) is 26.0 Å². The number of benzene rings is 1. The smallest absolute Gasteiger partial charge is 0.254 e. The van der Waals surface area contributed by atoms with Crippen LogP contribution >= 0.6 is 0 Å². The minimum Gasteiger partial charge on any atom is -0.375 e. The van der Waals surface area contributed by atoms with Gasteiger partial charge in [-0.05, 0) is 31.5 Å². The minimum absolute atomic E-state index is 0.00697. The molecule has 0 saturated carbocycles. The van der Waals surface area contributed by atoms with Crippen LogP contribution in [0.1, 0.15) is 22.8 Å². The molecule has 0 N–H and O–H groups in total. The van der Waals surface area contributed by atoms with E-state index in [9.17, 15) is 13.2 Å². The van der Waals surface area contributed by atoms with Crippen molar-refractivity contribution in [1.29, 1.82) is 0 Å². The van der Waals surface area contributed by atoms with Crippen molar-refractivity contribution >= 4 is 15.7 Å². The summed E-state index contributed by atoms with van der Waals surface area (Å²) >= 11 is 0. The average Bonchev–Trinajstić information content (AvgIpc) is 2.37. The first-order valence-corrected chi connectivity index (χ1v) is 8.40. The third kappa shape index (κ3) is 3.19. The first-order chi connectivity index (χ1) is 9.29. The van der Waals surface area contributed by atoms with Crippen molar-refractivity contribution in [3.8, 4) is 0 Å². The van der Waals surface area contributed by atoms with Gasteiger partial charge in [0.05, 0.1) is 17.6 Å². The molecule has 1 fully saturated rings. The van der Waals surface area contributed by atoms with Crippen molar-refractivity contribution in [3.63, 3.8) is 0 Å². The molecule has 5 nitrogen and oxygen atoms in total. The second-order valence-electron chi connectivity index (χ2n) is 5.19. The number of sulfone groups is 1. The molecular formula is C14H19NO4S. The number of amides is 1. The maximum Gasteiger partial charge on any atom is 0.254 e. The predicted octanol–water partition coefficient (Wildman–Crippen LogP) is 1.26. The number of ether oxygens (including phenoxy) is 1. The van der Waals surface area contributed by atoms with Crippen LogP contribution in [-0.4, -0.2) is 51.3 Å². The van der Waals surface area contributed by atoms with Crippen LogP contribution in [0.15, 0.2) is 23.1 Å². The van der Waals surface area contributed by atoms with E-state index < -0.39 is 9.84 Å². The van der Waals surface area contributed by atoms with Crippen molar-refractivity contribution in [1.82, 2.24) is 4.90 Å². The molecule has 1 saturated heterocycles. The van der Waals surface area contributed by atoms with Crippen LogP contribution in [0.4, 0.5) is 0 Å². The molecule has 1 aromatic carbocycles. The third-order valence-electron chi connectivity index (χ3n) is 3.36. The number of carbonyl (C=O) groups is 1. The molecule has 1 heterocycles. The molecule has 0 aliphatic carbocycles. The first-order valence-electron chi connectivity index (χ1n) is 6.50. The minimum atomic E-state index is -3.33. The first kappa shape index (κ1) is 15.0. The molecular weight excluding hydrogens is 278 g/mol. The summed E-state index contributed by atoms with van der Waals surface area (Å²) in [5.41, 5.74) is 1.06. The maximum absolute atomic E-state index is 12.4. The third-order valence-corrected chi connectivity index (χ3v) is 4.60. The van der Waals surface area contributed by atoms with Crippen LogP contribution in [-0.2, 0) is 14.6 Å². The fourth-order valence-corrected chi connectivity index (χ4v) is 3.31. The fourth-order valence-electron chi connectivity index (χ4n) is 2.32. The van der Waals surface area contributed by atoms with Crippen molar-refractivity contribution in [3.05, 3.63) is 29.3 Å². The van der Waals surface area contributed by atoms with Gasteiger partial charge in [0.15, 0.2) is 9.84 Å². The predicted molar refractivity (Wildman–Crippen MR) is 75.6 cm³/mol. The second-order valence-corrected chi connectivity index (χ2v) is 7.17. The summed E-state index contributed by atoms with van der Waals surface area (Å²) in [6.07, 6.45) is 1.16. The Morgan fingerprint density at radius 1 is 1.40 bits per heavy atom. The summed E-state index contributed by atoms with van der Waals surface area (Å²) in [6.45, 7) is 5.21. The van der Waals surface area contributed by atoms with Crippen molar-refractivity contribution < 1.29 is 17.9 Å². The summed E-state index contributed by atoms with van der Waals surface area (Å²) in [5.74, 6) is -0.148. The summed E-state index contributed by atoms with van der Waals surface area (Å²) in [7, 11) is -3.33. The number of nitrogens with zero attached hydrogens (tertiary/aromatic N) is 1. The number of hydrogen-bond donors (Lipinski definition) is 0. The topological polar surface area (TPSA) is 63.7 Å². The maximum atomic E-state index is 12.4. The average molecular weight is 297 g/mol. The number of carbonyl (C=O) groups excluding carboxylic acids is 1. The molecule has 1 aliphatic rings. The van der Waals surface area contributed by atoms with Gasteiger partial charge in [-0.3, -0.25) is 4.79 Å². The van der Waals surface area contributed by atoms with Crippen LogP contribution in [0.5, 0.6) is 0 Å². The highest BCUT2D eigenvalue weighted by molar-refractivity contribution is 7.90. The SMILES string of the molecule is Cc1ccc(C(=O)N2CCO[C@@H](C)C2)cc1S(C)(=O)=O. The van der Waals surface area contributed by atoms with Gasteiger partial charge >= 0.3 is 0 Å². The lowest BCUT2D eigenvalue weighted by Crippen LogP contribution is -2.44. The van der Waals surface area contributed by atoms with Crippen LogP contribution in [0.3, 0.4) is 0 Å². The van der Waals surface area contributed by atoms with Crippen LogP contribution in [0.2, 0.25) is 0 Å². The highest BCUT2D eigenvalue weighted by atomic mass is 32.2. The number of morpholine rings is 1. The highest BCUT2D eigenvalue weighted by Gasteiger charge is 2.23. The van der Waals surface area contributed by atoms with E-state index in [1.165, 1.54) is 6.07 Å². The molecule has 1 aliphatic heterocycles. The molecule has 1 aromatic rings. The Hall–Kier alpha value is -1.40. The molecule has 1 amide bonds. The van der Waals surface area contributed by atoms with Crippen LogP contribution < -0.4 is 0 Å². The van der Waals surface area contributed by atoms with Gasteiger partial charge in [-0.1, -0.05) is 6.07 Å². The van der Waals surface area contributed by atoms with Crippen molar-refractivity contribution in [2.45, 2.75) is 24.8 Å². The largest absolute Gasteiger partial charge is 0.375 e. The Labute approximate surface area is 119 Å². The van der Waals surface area contributed by atoms with Gasteiger partial charge in [0.25, 0.3) is 5.91 Å². The number of rotatable bonds is 2. The van der Waals surface area contributed by atoms with Gasteiger partial charge in [-0.25, -0.2) is 8.42 Å². The zero-order valence-corrected chi connectivity index (χ0v) is 12.7. The molecule has 0 spiro atoms. The van der Waals surface area contributed by atoms with Gasteiger partial charge in [0.1, 0.15) is 0 Å². The zero-order chi connectivity index (χ0) is 14.9. The van der Waals surface area contributed by atoms with E-state index in [4.69, 9.17) is 4.74 Å². The summed E-state index contributed by atoms with van der Waals surface area (Å²) in [5, 5.41) is 0. The quantitative estimate of drug-likeness (QED) is 0.824. The molecule has 6 heteroatoms.